The van der Waals surface area contributed by atoms with Gasteiger partial charge in [0.25, 0.3) is 0 Å². The van der Waals surface area contributed by atoms with Crippen molar-refractivity contribution in [2.75, 3.05) is 6.61 Å². The Labute approximate surface area is 250 Å². The second-order valence-electron chi connectivity index (χ2n) is 15.1. The van der Waals surface area contributed by atoms with E-state index in [1.165, 1.54) is 12.5 Å². The summed E-state index contributed by atoms with van der Waals surface area (Å²) in [6.07, 6.45) is 10.3. The van der Waals surface area contributed by atoms with Crippen molar-refractivity contribution >= 4 is 11.9 Å². The molecule has 228 valence electrons. The molecule has 6 heteroatoms. The Morgan fingerprint density at radius 2 is 1.74 bits per heavy atom. The average Bonchev–Trinajstić information content (AvgIpc) is 3.41. The molecule has 2 saturated heterocycles. The van der Waals surface area contributed by atoms with Crippen LogP contribution in [0.4, 0.5) is 0 Å². The van der Waals surface area contributed by atoms with E-state index in [1.54, 1.807) is 0 Å². The Morgan fingerprint density at radius 1 is 0.952 bits per heavy atom. The fourth-order valence-electron chi connectivity index (χ4n) is 10.7. The maximum absolute atomic E-state index is 13.7. The van der Waals surface area contributed by atoms with Gasteiger partial charge in [-0.3, -0.25) is 4.79 Å². The van der Waals surface area contributed by atoms with Crippen LogP contribution < -0.4 is 0 Å². The van der Waals surface area contributed by atoms with Crippen molar-refractivity contribution in [3.63, 3.8) is 0 Å². The zero-order chi connectivity index (χ0) is 29.4. The van der Waals surface area contributed by atoms with E-state index < -0.39 is 5.79 Å². The highest BCUT2D eigenvalue weighted by atomic mass is 16.7. The number of carbonyl (C=O) groups is 2. The summed E-state index contributed by atoms with van der Waals surface area (Å²) in [5.41, 5.74) is 1.89. The first-order valence-corrected chi connectivity index (χ1v) is 16.5. The van der Waals surface area contributed by atoms with Crippen LogP contribution in [0.25, 0.3) is 0 Å². The van der Waals surface area contributed by atoms with Crippen molar-refractivity contribution < 1.29 is 28.5 Å². The zero-order valence-electron chi connectivity index (χ0n) is 26.0. The van der Waals surface area contributed by atoms with Gasteiger partial charge in [-0.05, 0) is 86.2 Å². The average molecular weight is 577 g/mol. The van der Waals surface area contributed by atoms with Crippen molar-refractivity contribution in [3.8, 4) is 0 Å². The minimum Gasteiger partial charge on any atom is -0.463 e. The molecular formula is C36H48O6. The molecular weight excluding hydrogens is 528 g/mol. The number of benzene rings is 1. The van der Waals surface area contributed by atoms with E-state index in [0.29, 0.717) is 29.2 Å². The van der Waals surface area contributed by atoms with E-state index >= 15 is 0 Å². The van der Waals surface area contributed by atoms with Crippen LogP contribution in [0.5, 0.6) is 0 Å². The third-order valence-electron chi connectivity index (χ3n) is 12.9. The molecule has 1 aromatic carbocycles. The molecule has 0 N–H and O–H groups in total. The van der Waals surface area contributed by atoms with Gasteiger partial charge in [-0.15, -0.1) is 0 Å². The van der Waals surface area contributed by atoms with E-state index in [-0.39, 0.29) is 52.9 Å². The van der Waals surface area contributed by atoms with Crippen LogP contribution in [-0.2, 0) is 23.7 Å². The summed E-state index contributed by atoms with van der Waals surface area (Å²) >= 11 is 0. The van der Waals surface area contributed by atoms with Crippen molar-refractivity contribution in [2.24, 2.45) is 46.3 Å². The van der Waals surface area contributed by atoms with Crippen LogP contribution in [0.1, 0.15) is 96.3 Å². The second-order valence-corrected chi connectivity index (χ2v) is 15.1. The highest BCUT2D eigenvalue weighted by Crippen LogP contribution is 2.70. The van der Waals surface area contributed by atoms with Gasteiger partial charge >= 0.3 is 11.9 Å². The maximum atomic E-state index is 13.7. The van der Waals surface area contributed by atoms with Gasteiger partial charge < -0.3 is 18.9 Å². The zero-order valence-corrected chi connectivity index (χ0v) is 26.0. The monoisotopic (exact) mass is 576 g/mol. The van der Waals surface area contributed by atoms with Gasteiger partial charge in [-0.1, -0.05) is 57.5 Å². The Hall–Kier alpha value is -2.18. The van der Waals surface area contributed by atoms with Crippen LogP contribution in [0.2, 0.25) is 0 Å². The van der Waals surface area contributed by atoms with Gasteiger partial charge in [0.2, 0.25) is 0 Å². The van der Waals surface area contributed by atoms with Gasteiger partial charge in [0.1, 0.15) is 12.2 Å². The number of carbonyl (C=O) groups excluding carboxylic acids is 2. The molecule has 12 atom stereocenters. The van der Waals surface area contributed by atoms with Crippen LogP contribution in [0, 0.1) is 46.3 Å². The van der Waals surface area contributed by atoms with Crippen LogP contribution in [0.3, 0.4) is 0 Å². The fourth-order valence-corrected chi connectivity index (χ4v) is 10.7. The van der Waals surface area contributed by atoms with Crippen LogP contribution in [0.15, 0.2) is 42.0 Å². The van der Waals surface area contributed by atoms with E-state index in [9.17, 15) is 9.59 Å². The SMILES string of the molecule is CC(=O)O[C@H]1CC[C@@]2(C)[C@@H](CC[C@H]3C4=C[C@@H]5O[C@]6(CC[C@@H](C)CO6)[C@@H](C)[C@@H]5[C@@]4(C)[C@H](OC(=O)c4ccccc4)C[C@@H]32)C1. The smallest absolute Gasteiger partial charge is 0.338 e. The number of esters is 2. The first kappa shape index (κ1) is 28.6. The number of fused-ring (bicyclic) bond motifs is 7. The van der Waals surface area contributed by atoms with E-state index in [1.807, 2.05) is 30.3 Å². The summed E-state index contributed by atoms with van der Waals surface area (Å²) in [6, 6.07) is 9.44. The number of rotatable bonds is 3. The number of hydrogen-bond donors (Lipinski definition) is 0. The summed E-state index contributed by atoms with van der Waals surface area (Å²) in [7, 11) is 0. The Balaban J connectivity index is 1.24. The van der Waals surface area contributed by atoms with Gasteiger partial charge in [0.05, 0.1) is 18.3 Å². The predicted molar refractivity (Wildman–Crippen MR) is 158 cm³/mol. The minimum atomic E-state index is -0.545. The molecule has 42 heavy (non-hydrogen) atoms. The third kappa shape index (κ3) is 4.25. The quantitative estimate of drug-likeness (QED) is 0.282. The number of hydrogen-bond acceptors (Lipinski definition) is 6. The minimum absolute atomic E-state index is 0.0182. The Bertz CT molecular complexity index is 1250. The molecule has 0 amide bonds. The molecule has 0 unspecified atom stereocenters. The van der Waals surface area contributed by atoms with Crippen molar-refractivity contribution in [1.29, 1.82) is 0 Å². The molecule has 1 spiro atoms. The second kappa shape index (κ2) is 10.2. The summed E-state index contributed by atoms with van der Waals surface area (Å²) in [4.78, 5) is 25.4. The molecule has 4 aliphatic carbocycles. The van der Waals surface area contributed by atoms with Crippen molar-refractivity contribution in [3.05, 3.63) is 47.5 Å². The highest BCUT2D eigenvalue weighted by molar-refractivity contribution is 5.89. The van der Waals surface area contributed by atoms with Gasteiger partial charge in [-0.2, -0.15) is 0 Å². The lowest BCUT2D eigenvalue weighted by atomic mass is 9.45. The summed E-state index contributed by atoms with van der Waals surface area (Å²) in [5.74, 6) is 1.38. The summed E-state index contributed by atoms with van der Waals surface area (Å²) in [6.45, 7) is 11.7. The largest absolute Gasteiger partial charge is 0.463 e. The topological polar surface area (TPSA) is 71.1 Å². The Kier molecular flexibility index (Phi) is 6.93. The summed E-state index contributed by atoms with van der Waals surface area (Å²) in [5, 5.41) is 0. The van der Waals surface area contributed by atoms with Crippen LogP contribution in [-0.4, -0.2) is 42.6 Å². The lowest BCUT2D eigenvalue weighted by Gasteiger charge is -2.61. The molecule has 6 nitrogen and oxygen atoms in total. The first-order valence-electron chi connectivity index (χ1n) is 16.5. The molecule has 2 aliphatic heterocycles. The predicted octanol–water partition coefficient (Wildman–Crippen LogP) is 7.12. The first-order chi connectivity index (χ1) is 20.0. The highest BCUT2D eigenvalue weighted by Gasteiger charge is 2.69. The number of ether oxygens (including phenoxy) is 4. The lowest BCUT2D eigenvalue weighted by molar-refractivity contribution is -0.265. The van der Waals surface area contributed by atoms with E-state index in [0.717, 1.165) is 58.0 Å². The van der Waals surface area contributed by atoms with E-state index in [2.05, 4.69) is 33.8 Å². The normalized spacial score (nSPS) is 47.5. The molecule has 0 aromatic heterocycles. The fraction of sp³-hybridized carbons (Fsp3) is 0.722. The molecule has 2 heterocycles. The maximum Gasteiger partial charge on any atom is 0.338 e. The van der Waals surface area contributed by atoms with Crippen molar-refractivity contribution in [1.82, 2.24) is 0 Å². The molecule has 1 aromatic rings. The van der Waals surface area contributed by atoms with Gasteiger partial charge in [0.15, 0.2) is 5.79 Å². The lowest BCUT2D eigenvalue weighted by Crippen LogP contribution is -2.58. The Morgan fingerprint density at radius 3 is 2.45 bits per heavy atom. The van der Waals surface area contributed by atoms with Gasteiger partial charge in [-0.25, -0.2) is 4.79 Å². The van der Waals surface area contributed by atoms with Crippen LogP contribution >= 0.6 is 0 Å². The molecule has 6 aliphatic rings. The molecule has 3 saturated carbocycles. The molecule has 7 rings (SSSR count). The summed E-state index contributed by atoms with van der Waals surface area (Å²) < 4.78 is 25.8. The van der Waals surface area contributed by atoms with E-state index in [4.69, 9.17) is 18.9 Å². The third-order valence-corrected chi connectivity index (χ3v) is 12.9. The van der Waals surface area contributed by atoms with Crippen molar-refractivity contribution in [2.45, 2.75) is 110 Å². The molecule has 0 bridgehead atoms. The standard InChI is InChI=1S/C36H48O6/c1-21-13-16-36(39-20-21)22(2)32-30(42-36)18-29-27-12-11-25-17-26(40-23(3)37)14-15-34(25,4)28(27)19-31(35(29,32)5)41-33(38)24-9-7-6-8-10-24/h6-10,18,21-22,25-28,30-32H,11-17,19-20H2,1-5H3/t21-,22+,25+,26+,27-,28+,30+,31-,32+,34+,35-,36-/m1/s1. The molecule has 5 fully saturated rings. The van der Waals surface area contributed by atoms with Gasteiger partial charge in [0, 0.05) is 30.6 Å². The molecule has 0 radical (unpaired) electrons.